The molecule has 0 heterocycles. The van der Waals surface area contributed by atoms with E-state index in [0.29, 0.717) is 6.61 Å². The molecular formula is C12H20N2O2S. The molecule has 0 radical (unpaired) electrons. The molecule has 1 atom stereocenters. The predicted molar refractivity (Wildman–Crippen MR) is 70.5 cm³/mol. The molecule has 1 unspecified atom stereocenters. The highest BCUT2D eigenvalue weighted by Gasteiger charge is 1.93. The number of hydrogen-bond donors (Lipinski definition) is 2. The molecule has 0 fully saturated rings. The van der Waals surface area contributed by atoms with Crippen molar-refractivity contribution >= 4 is 11.0 Å². The quantitative estimate of drug-likeness (QED) is 0.518. The highest BCUT2D eigenvalue weighted by molar-refractivity contribution is 7.82. The second-order valence-corrected chi connectivity index (χ2v) is 4.92. The van der Waals surface area contributed by atoms with Gasteiger partial charge >= 0.3 is 0 Å². The van der Waals surface area contributed by atoms with Crippen molar-refractivity contribution in [3.8, 4) is 0 Å². The smallest absolute Gasteiger partial charge is 0.0933 e. The fourth-order valence-corrected chi connectivity index (χ4v) is 1.75. The Morgan fingerprint density at radius 2 is 1.88 bits per heavy atom. The van der Waals surface area contributed by atoms with E-state index in [1.54, 1.807) is 6.26 Å². The highest BCUT2D eigenvalue weighted by Crippen LogP contribution is 1.98. The third kappa shape index (κ3) is 8.04. The Morgan fingerprint density at radius 1 is 1.18 bits per heavy atom. The molecule has 0 spiro atoms. The molecule has 0 bridgehead atoms. The molecule has 96 valence electrons. The fourth-order valence-electron chi connectivity index (χ4n) is 1.32. The number of nitrogens with one attached hydrogen (secondary N) is 2. The van der Waals surface area contributed by atoms with Gasteiger partial charge in [0.25, 0.3) is 0 Å². The van der Waals surface area contributed by atoms with Crippen molar-refractivity contribution in [2.24, 2.45) is 0 Å². The van der Waals surface area contributed by atoms with Gasteiger partial charge in [0.15, 0.2) is 0 Å². The van der Waals surface area contributed by atoms with Crippen LogP contribution in [0.25, 0.3) is 0 Å². The minimum atomic E-state index is -0.901. The van der Waals surface area contributed by atoms with Gasteiger partial charge in [-0.05, 0) is 18.4 Å². The molecule has 17 heavy (non-hydrogen) atoms. The first-order chi connectivity index (χ1) is 8.29. The van der Waals surface area contributed by atoms with Gasteiger partial charge in [-0.2, -0.15) is 0 Å². The van der Waals surface area contributed by atoms with Gasteiger partial charge in [-0.3, -0.25) is 4.84 Å². The van der Waals surface area contributed by atoms with Crippen molar-refractivity contribution < 1.29 is 9.05 Å². The lowest BCUT2D eigenvalue weighted by Gasteiger charge is -2.06. The Morgan fingerprint density at radius 3 is 2.59 bits per heavy atom. The van der Waals surface area contributed by atoms with E-state index in [-0.39, 0.29) is 0 Å². The van der Waals surface area contributed by atoms with Crippen LogP contribution in [0.1, 0.15) is 18.4 Å². The molecule has 4 nitrogen and oxygen atoms in total. The van der Waals surface area contributed by atoms with Crippen LogP contribution in [0.3, 0.4) is 0 Å². The molecule has 0 amide bonds. The summed E-state index contributed by atoms with van der Waals surface area (Å²) in [5.74, 6) is 0. The summed E-state index contributed by atoms with van der Waals surface area (Å²) in [6.07, 6.45) is 3.63. The molecule has 0 aliphatic rings. The largest absolute Gasteiger partial charge is 0.297 e. The molecule has 1 aromatic rings. The van der Waals surface area contributed by atoms with E-state index in [1.165, 1.54) is 0 Å². The number of unbranched alkanes of at least 4 members (excludes halogenated alkanes) is 1. The third-order valence-corrected chi connectivity index (χ3v) is 2.81. The molecular weight excluding hydrogens is 236 g/mol. The topological polar surface area (TPSA) is 50.4 Å². The number of rotatable bonds is 9. The molecule has 0 saturated carbocycles. The van der Waals surface area contributed by atoms with Gasteiger partial charge in [0, 0.05) is 19.3 Å². The fraction of sp³-hybridized carbons (Fsp3) is 0.500. The van der Waals surface area contributed by atoms with Crippen molar-refractivity contribution in [2.45, 2.75) is 19.4 Å². The predicted octanol–water partition coefficient (Wildman–Crippen LogP) is 1.37. The van der Waals surface area contributed by atoms with E-state index in [2.05, 4.69) is 10.2 Å². The standard InChI is InChI=1S/C12H20N2O2S/c1-17(15)14-10-6-5-9-13-16-11-12-7-3-2-4-8-12/h2-4,7-8,13-14H,5-6,9-11H2,1H3. The lowest BCUT2D eigenvalue weighted by molar-refractivity contribution is 0.0274. The van der Waals surface area contributed by atoms with Gasteiger partial charge in [-0.1, -0.05) is 30.3 Å². The van der Waals surface area contributed by atoms with Gasteiger partial charge in [-0.25, -0.2) is 14.4 Å². The normalized spacial score (nSPS) is 12.5. The zero-order chi connectivity index (χ0) is 12.3. The van der Waals surface area contributed by atoms with Gasteiger partial charge in [-0.15, -0.1) is 0 Å². The summed E-state index contributed by atoms with van der Waals surface area (Å²) in [6.45, 7) is 2.17. The van der Waals surface area contributed by atoms with Crippen LogP contribution < -0.4 is 10.2 Å². The van der Waals surface area contributed by atoms with Gasteiger partial charge < -0.3 is 0 Å². The molecule has 0 aliphatic carbocycles. The van der Waals surface area contributed by atoms with Crippen LogP contribution in [0.2, 0.25) is 0 Å². The first-order valence-electron chi connectivity index (χ1n) is 5.74. The van der Waals surface area contributed by atoms with Crippen molar-refractivity contribution in [1.29, 1.82) is 0 Å². The second kappa shape index (κ2) is 9.30. The summed E-state index contributed by atoms with van der Waals surface area (Å²) in [5.41, 5.74) is 4.07. The van der Waals surface area contributed by atoms with Crippen LogP contribution in [0.15, 0.2) is 30.3 Å². The zero-order valence-electron chi connectivity index (χ0n) is 10.1. The van der Waals surface area contributed by atoms with Crippen molar-refractivity contribution in [2.75, 3.05) is 19.3 Å². The minimum absolute atomic E-state index is 0.581. The Bertz CT molecular complexity index is 320. The lowest BCUT2D eigenvalue weighted by atomic mass is 10.2. The summed E-state index contributed by atoms with van der Waals surface area (Å²) in [5, 5.41) is 0. The molecule has 0 aliphatic heterocycles. The third-order valence-electron chi connectivity index (χ3n) is 2.19. The average Bonchev–Trinajstić information content (AvgIpc) is 2.33. The molecule has 0 aromatic heterocycles. The van der Waals surface area contributed by atoms with Crippen LogP contribution in [0, 0.1) is 0 Å². The summed E-state index contributed by atoms with van der Waals surface area (Å²) >= 11 is 0. The summed E-state index contributed by atoms with van der Waals surface area (Å²) in [6, 6.07) is 10.0. The van der Waals surface area contributed by atoms with E-state index in [0.717, 1.165) is 31.5 Å². The monoisotopic (exact) mass is 256 g/mol. The Labute approximate surface area is 105 Å². The van der Waals surface area contributed by atoms with Crippen LogP contribution in [-0.4, -0.2) is 23.6 Å². The van der Waals surface area contributed by atoms with Crippen LogP contribution in [0.5, 0.6) is 0 Å². The SMILES string of the molecule is CS(=O)NCCCCNOCc1ccccc1. The number of benzene rings is 1. The van der Waals surface area contributed by atoms with Crippen molar-refractivity contribution in [3.63, 3.8) is 0 Å². The molecule has 0 saturated heterocycles. The van der Waals surface area contributed by atoms with Crippen molar-refractivity contribution in [3.05, 3.63) is 35.9 Å². The van der Waals surface area contributed by atoms with Gasteiger partial charge in [0.2, 0.25) is 0 Å². The highest BCUT2D eigenvalue weighted by atomic mass is 32.2. The summed E-state index contributed by atoms with van der Waals surface area (Å²) in [7, 11) is -0.901. The van der Waals surface area contributed by atoms with Gasteiger partial charge in [0.1, 0.15) is 0 Å². The van der Waals surface area contributed by atoms with E-state index in [1.807, 2.05) is 30.3 Å². The molecule has 2 N–H and O–H groups in total. The lowest BCUT2D eigenvalue weighted by Crippen LogP contribution is -2.20. The maximum Gasteiger partial charge on any atom is 0.0933 e. The summed E-state index contributed by atoms with van der Waals surface area (Å²) in [4.78, 5) is 5.32. The van der Waals surface area contributed by atoms with Crippen molar-refractivity contribution in [1.82, 2.24) is 10.2 Å². The first kappa shape index (κ1) is 14.3. The average molecular weight is 256 g/mol. The maximum absolute atomic E-state index is 10.7. The van der Waals surface area contributed by atoms with E-state index >= 15 is 0 Å². The Hall–Kier alpha value is -0.750. The van der Waals surface area contributed by atoms with E-state index in [9.17, 15) is 4.21 Å². The molecule has 5 heteroatoms. The Kier molecular flexibility index (Phi) is 7.83. The van der Waals surface area contributed by atoms with E-state index < -0.39 is 11.0 Å². The van der Waals surface area contributed by atoms with Crippen LogP contribution in [-0.2, 0) is 22.4 Å². The maximum atomic E-state index is 10.7. The molecule has 1 aromatic carbocycles. The first-order valence-corrected chi connectivity index (χ1v) is 7.30. The molecule has 1 rings (SSSR count). The van der Waals surface area contributed by atoms with E-state index in [4.69, 9.17) is 4.84 Å². The second-order valence-electron chi connectivity index (χ2n) is 3.72. The van der Waals surface area contributed by atoms with Crippen LogP contribution >= 0.6 is 0 Å². The summed E-state index contributed by atoms with van der Waals surface area (Å²) < 4.78 is 13.6. The zero-order valence-corrected chi connectivity index (χ0v) is 11.0. The van der Waals surface area contributed by atoms with Gasteiger partial charge in [0.05, 0.1) is 17.6 Å². The minimum Gasteiger partial charge on any atom is -0.297 e. The number of hydrogen-bond acceptors (Lipinski definition) is 3. The number of hydroxylamine groups is 1. The Balaban J connectivity index is 1.90. The van der Waals surface area contributed by atoms with Crippen LogP contribution in [0.4, 0.5) is 0 Å².